The Morgan fingerprint density at radius 3 is 2.28 bits per heavy atom. The fourth-order valence-corrected chi connectivity index (χ4v) is 4.33. The highest BCUT2D eigenvalue weighted by molar-refractivity contribution is 7.80. The molecule has 1 rings (SSSR count). The molecule has 7 nitrogen and oxygen atoms in total. The van der Waals surface area contributed by atoms with Crippen LogP contribution in [0.1, 0.15) is 96.4 Å². The number of amides is 3. The van der Waals surface area contributed by atoms with Crippen molar-refractivity contribution in [2.45, 2.75) is 111 Å². The Morgan fingerprint density at radius 2 is 1.72 bits per heavy atom. The summed E-state index contributed by atoms with van der Waals surface area (Å²) in [6.45, 7) is 15.8. The number of rotatable bonds is 13. The molecule has 0 saturated carbocycles. The van der Waals surface area contributed by atoms with Crippen LogP contribution >= 0.6 is 12.6 Å². The Kier molecular flexibility index (Phi) is 13.4. The number of nitrogens with zero attached hydrogens (tertiary/aromatic N) is 1. The Labute approximate surface area is 223 Å². The van der Waals surface area contributed by atoms with Gasteiger partial charge in [0.15, 0.2) is 0 Å². The smallest absolute Gasteiger partial charge is 0.408 e. The number of hydrogen-bond donors (Lipinski definition) is 3. The second-order valence-corrected chi connectivity index (χ2v) is 10.9. The number of aryl methyl sites for hydroxylation is 1. The maximum absolute atomic E-state index is 13.9. The Morgan fingerprint density at radius 1 is 1.06 bits per heavy atom. The predicted octanol–water partition coefficient (Wildman–Crippen LogP) is 5.49. The van der Waals surface area contributed by atoms with E-state index >= 15 is 0 Å². The van der Waals surface area contributed by atoms with Gasteiger partial charge in [0.25, 0.3) is 0 Å². The summed E-state index contributed by atoms with van der Waals surface area (Å²) in [6.07, 6.45) is 3.73. The molecule has 8 heteroatoms. The van der Waals surface area contributed by atoms with Crippen molar-refractivity contribution in [3.8, 4) is 0 Å². The van der Waals surface area contributed by atoms with Crippen LogP contribution in [0.2, 0.25) is 0 Å². The highest BCUT2D eigenvalue weighted by atomic mass is 32.1. The molecule has 0 aliphatic rings. The van der Waals surface area contributed by atoms with Crippen LogP contribution in [0.25, 0.3) is 0 Å². The van der Waals surface area contributed by atoms with Crippen LogP contribution in [-0.4, -0.2) is 52.8 Å². The predicted molar refractivity (Wildman–Crippen MR) is 149 cm³/mol. The topological polar surface area (TPSA) is 87.7 Å². The second kappa shape index (κ2) is 15.1. The Bertz CT molecular complexity index is 869. The molecule has 0 fully saturated rings. The number of alkyl carbamates (subject to hydrolysis) is 1. The van der Waals surface area contributed by atoms with Crippen molar-refractivity contribution in [3.63, 3.8) is 0 Å². The SMILES string of the molecule is CCCCCN(C(=O)C(CS)NC(=O)OC(C)(C)C)C(C(=O)NC(C)CCC)c1cccc(C)c1C. The second-order valence-electron chi connectivity index (χ2n) is 10.5. The van der Waals surface area contributed by atoms with Crippen LogP contribution in [0.3, 0.4) is 0 Å². The number of carbonyl (C=O) groups excluding carboxylic acids is 3. The van der Waals surface area contributed by atoms with Crippen LogP contribution < -0.4 is 10.6 Å². The van der Waals surface area contributed by atoms with Gasteiger partial charge in [-0.05, 0) is 71.1 Å². The van der Waals surface area contributed by atoms with Crippen molar-refractivity contribution in [2.24, 2.45) is 0 Å². The number of ether oxygens (including phenoxy) is 1. The molecule has 1 aromatic carbocycles. The third kappa shape index (κ3) is 10.0. The number of unbranched alkanes of at least 4 members (excludes halogenated alkanes) is 2. The van der Waals surface area contributed by atoms with E-state index in [1.54, 1.807) is 25.7 Å². The van der Waals surface area contributed by atoms with E-state index in [4.69, 9.17) is 4.74 Å². The van der Waals surface area contributed by atoms with E-state index in [-0.39, 0.29) is 23.6 Å². The zero-order valence-electron chi connectivity index (χ0n) is 23.4. The van der Waals surface area contributed by atoms with Gasteiger partial charge in [0.05, 0.1) is 0 Å². The summed E-state index contributed by atoms with van der Waals surface area (Å²) < 4.78 is 5.37. The van der Waals surface area contributed by atoms with E-state index < -0.39 is 23.8 Å². The van der Waals surface area contributed by atoms with Gasteiger partial charge in [0, 0.05) is 18.3 Å². The lowest BCUT2D eigenvalue weighted by Crippen LogP contribution is -2.54. The van der Waals surface area contributed by atoms with Gasteiger partial charge in [0.1, 0.15) is 17.7 Å². The van der Waals surface area contributed by atoms with E-state index in [2.05, 4.69) is 37.1 Å². The molecule has 0 heterocycles. The molecule has 3 unspecified atom stereocenters. The number of benzene rings is 1. The minimum atomic E-state index is -0.932. The average molecular weight is 522 g/mol. The number of carbonyl (C=O) groups is 3. The van der Waals surface area contributed by atoms with E-state index in [0.29, 0.717) is 6.54 Å². The van der Waals surface area contributed by atoms with E-state index in [1.165, 1.54) is 0 Å². The summed E-state index contributed by atoms with van der Waals surface area (Å²) in [7, 11) is 0. The minimum absolute atomic E-state index is 0.0247. The van der Waals surface area contributed by atoms with E-state index in [0.717, 1.165) is 48.8 Å². The molecule has 2 N–H and O–H groups in total. The quantitative estimate of drug-likeness (QED) is 0.237. The lowest BCUT2D eigenvalue weighted by molar-refractivity contribution is -0.142. The highest BCUT2D eigenvalue weighted by Gasteiger charge is 2.36. The molecule has 0 radical (unpaired) electrons. The van der Waals surface area contributed by atoms with Crippen molar-refractivity contribution < 1.29 is 19.1 Å². The summed E-state index contributed by atoms with van der Waals surface area (Å²) in [4.78, 5) is 41.8. The lowest BCUT2D eigenvalue weighted by atomic mass is 9.94. The van der Waals surface area contributed by atoms with Crippen molar-refractivity contribution in [1.82, 2.24) is 15.5 Å². The summed E-state index contributed by atoms with van der Waals surface area (Å²) in [5.41, 5.74) is 2.10. The normalized spacial score (nSPS) is 13.9. The van der Waals surface area contributed by atoms with Crippen molar-refractivity contribution in [2.75, 3.05) is 12.3 Å². The van der Waals surface area contributed by atoms with E-state index in [1.807, 2.05) is 39.0 Å². The standard InChI is InChI=1S/C28H47N3O4S/c1-9-11-12-17-31(26(33)23(18-36)30-27(34)35-28(6,7)8)24(25(32)29-20(4)14-10-2)22-16-13-15-19(3)21(22)5/h13,15-16,20,23-24,36H,9-12,14,17-18H2,1-8H3,(H,29,32)(H,30,34). The largest absolute Gasteiger partial charge is 0.444 e. The van der Waals surface area contributed by atoms with Crippen molar-refractivity contribution >= 4 is 30.5 Å². The first-order valence-electron chi connectivity index (χ1n) is 13.1. The fourth-order valence-electron chi connectivity index (χ4n) is 4.08. The van der Waals surface area contributed by atoms with Gasteiger partial charge in [-0.25, -0.2) is 4.79 Å². The summed E-state index contributed by atoms with van der Waals surface area (Å²) in [5, 5.41) is 5.78. The molecular weight excluding hydrogens is 474 g/mol. The third-order valence-electron chi connectivity index (χ3n) is 6.07. The third-order valence-corrected chi connectivity index (χ3v) is 6.43. The molecule has 3 atom stereocenters. The molecule has 0 aliphatic carbocycles. The van der Waals surface area contributed by atoms with Crippen LogP contribution in [0.4, 0.5) is 4.79 Å². The summed E-state index contributed by atoms with van der Waals surface area (Å²) in [6, 6.07) is 4.04. The molecule has 0 bridgehead atoms. The maximum Gasteiger partial charge on any atom is 0.408 e. The molecule has 0 aliphatic heterocycles. The molecule has 0 aromatic heterocycles. The van der Waals surface area contributed by atoms with E-state index in [9.17, 15) is 14.4 Å². The summed E-state index contributed by atoms with van der Waals surface area (Å²) in [5.74, 6) is -0.490. The average Bonchev–Trinajstić information content (AvgIpc) is 2.78. The molecule has 36 heavy (non-hydrogen) atoms. The molecule has 1 aromatic rings. The number of nitrogens with one attached hydrogen (secondary N) is 2. The maximum atomic E-state index is 13.9. The number of thiol groups is 1. The molecule has 0 spiro atoms. The molecule has 204 valence electrons. The molecular formula is C28H47N3O4S. The monoisotopic (exact) mass is 521 g/mol. The van der Waals surface area contributed by atoms with Crippen molar-refractivity contribution in [3.05, 3.63) is 34.9 Å². The van der Waals surface area contributed by atoms with Gasteiger partial charge >= 0.3 is 6.09 Å². The highest BCUT2D eigenvalue weighted by Crippen LogP contribution is 2.28. The minimum Gasteiger partial charge on any atom is -0.444 e. The zero-order valence-corrected chi connectivity index (χ0v) is 24.3. The first-order chi connectivity index (χ1) is 16.9. The van der Waals surface area contributed by atoms with Gasteiger partial charge in [-0.2, -0.15) is 12.6 Å². The molecule has 0 saturated heterocycles. The molecule has 3 amide bonds. The van der Waals surface area contributed by atoms with Crippen LogP contribution in [0.15, 0.2) is 18.2 Å². The van der Waals surface area contributed by atoms with Crippen LogP contribution in [-0.2, 0) is 14.3 Å². The van der Waals surface area contributed by atoms with Gasteiger partial charge in [-0.3, -0.25) is 9.59 Å². The Balaban J connectivity index is 3.48. The fraction of sp³-hybridized carbons (Fsp3) is 0.679. The Hall–Kier alpha value is -2.22. The first kappa shape index (κ1) is 31.8. The number of hydrogen-bond acceptors (Lipinski definition) is 5. The van der Waals surface area contributed by atoms with Crippen LogP contribution in [0, 0.1) is 13.8 Å². The van der Waals surface area contributed by atoms with Crippen LogP contribution in [0.5, 0.6) is 0 Å². The van der Waals surface area contributed by atoms with Gasteiger partial charge in [-0.1, -0.05) is 51.3 Å². The van der Waals surface area contributed by atoms with Gasteiger partial charge < -0.3 is 20.3 Å². The zero-order chi connectivity index (χ0) is 27.5. The first-order valence-corrected chi connectivity index (χ1v) is 13.8. The van der Waals surface area contributed by atoms with Crippen molar-refractivity contribution in [1.29, 1.82) is 0 Å². The lowest BCUT2D eigenvalue weighted by Gasteiger charge is -2.35. The summed E-state index contributed by atoms with van der Waals surface area (Å²) >= 11 is 4.35. The van der Waals surface area contributed by atoms with Gasteiger partial charge in [0.2, 0.25) is 11.8 Å². The van der Waals surface area contributed by atoms with Gasteiger partial charge in [-0.15, -0.1) is 0 Å².